The molecule has 16 heteroatoms. The van der Waals surface area contributed by atoms with Crippen LogP contribution >= 0.6 is 0 Å². The van der Waals surface area contributed by atoms with Crippen LogP contribution in [0.2, 0.25) is 0 Å². The van der Waals surface area contributed by atoms with E-state index in [-0.39, 0.29) is 51.4 Å². The first kappa shape index (κ1) is 79.3. The molecule has 0 aliphatic heterocycles. The Labute approximate surface area is 572 Å². The molecule has 528 valence electrons. The Hall–Kier alpha value is -7.36. The summed E-state index contributed by atoms with van der Waals surface area (Å²) in [5.41, 5.74) is 2.12. The average Bonchev–Trinajstić information content (AvgIpc) is 0.757. The van der Waals surface area contributed by atoms with Crippen molar-refractivity contribution in [1.29, 1.82) is 0 Å². The highest BCUT2D eigenvalue weighted by molar-refractivity contribution is 5.81. The Morgan fingerprint density at radius 2 is 0.302 bits per heavy atom. The standard InChI is InChI=1S/C80H112O16/c1-45-57-41-59(51(35-67(83)91-75(11,12)13)29-49(57)33-65(81)89-73(5,6)7)46(2)61-43-63(55(39-71(87)95-79(23,24)25)31-53(61)37-69(85)93-77(17,18)19)48(4)64-44-62(54(38-70(86)94-78(20,21)22)32-56(64)40-72(88)96-80(26,27)28)47(3)60-42-58(45)50(34-66(82)90-74(8,9)10)30-52(60)36-68(84)92-76(14,15)16/h29-32,41-48H,33-40H2,1-28H3. The van der Waals surface area contributed by atoms with Crippen LogP contribution in [0.1, 0.15) is 307 Å². The zero-order chi connectivity index (χ0) is 73.1. The minimum Gasteiger partial charge on any atom is -0.460 e. The molecule has 8 bridgehead atoms. The molecule has 0 saturated heterocycles. The maximum atomic E-state index is 14.5. The Morgan fingerprint density at radius 1 is 0.208 bits per heavy atom. The number of ether oxygens (including phenoxy) is 8. The highest BCUT2D eigenvalue weighted by Crippen LogP contribution is 2.45. The Balaban J connectivity index is 2.22. The van der Waals surface area contributed by atoms with Gasteiger partial charge in [0.05, 0.1) is 51.4 Å². The first-order chi connectivity index (χ1) is 43.4. The zero-order valence-electron chi connectivity index (χ0n) is 63.1. The second-order valence-corrected chi connectivity index (χ2v) is 34.0. The van der Waals surface area contributed by atoms with Gasteiger partial charge >= 0.3 is 47.8 Å². The van der Waals surface area contributed by atoms with Gasteiger partial charge in [-0.3, -0.25) is 38.4 Å². The minimum atomic E-state index is -0.887. The number of carbonyl (C=O) groups excluding carboxylic acids is 8. The van der Waals surface area contributed by atoms with Gasteiger partial charge in [-0.05, 0) is 255 Å². The number of rotatable bonds is 16. The van der Waals surface area contributed by atoms with Gasteiger partial charge in [0.15, 0.2) is 0 Å². The molecule has 4 aromatic rings. The molecule has 0 amide bonds. The lowest BCUT2D eigenvalue weighted by atomic mass is 9.74. The summed E-state index contributed by atoms with van der Waals surface area (Å²) in [6.45, 7) is 50.7. The molecule has 0 spiro atoms. The second-order valence-electron chi connectivity index (χ2n) is 34.0. The molecular formula is C80H112O16. The number of hydrogen-bond acceptors (Lipinski definition) is 16. The molecule has 0 radical (unpaired) electrons. The summed E-state index contributed by atoms with van der Waals surface area (Å²) in [7, 11) is 0. The third kappa shape index (κ3) is 24.6. The van der Waals surface area contributed by atoms with Crippen LogP contribution in [0, 0.1) is 0 Å². The number of fused-ring (bicyclic) bond motifs is 8. The van der Waals surface area contributed by atoms with Crippen molar-refractivity contribution in [3.63, 3.8) is 0 Å². The SMILES string of the molecule is CC1c2cc(c(CC(=O)OC(C)(C)C)cc2CC(=O)OC(C)(C)C)C(C)c2cc(c(CC(=O)OC(C)(C)C)cc2CC(=O)OC(C)(C)C)C(C)c2cc(c(CC(=O)OC(C)(C)C)cc2CC(=O)OC(C)(C)C)C(C)c2cc1c(CC(=O)OC(C)(C)C)cc2CC(=O)OC(C)(C)C. The molecular weight excluding hydrogens is 1220 g/mol. The maximum absolute atomic E-state index is 14.5. The predicted molar refractivity (Wildman–Crippen MR) is 372 cm³/mol. The van der Waals surface area contributed by atoms with E-state index in [2.05, 4.69) is 0 Å². The minimum absolute atomic E-state index is 0.244. The topological polar surface area (TPSA) is 210 Å². The Bertz CT molecular complexity index is 2890. The summed E-state index contributed by atoms with van der Waals surface area (Å²) in [6.07, 6.45) is -1.95. The molecule has 5 rings (SSSR count). The van der Waals surface area contributed by atoms with Crippen molar-refractivity contribution in [2.45, 2.75) is 314 Å². The fourth-order valence-corrected chi connectivity index (χ4v) is 12.3. The van der Waals surface area contributed by atoms with Gasteiger partial charge in [-0.15, -0.1) is 0 Å². The fourth-order valence-electron chi connectivity index (χ4n) is 12.3. The molecule has 0 heterocycles. The number of hydrogen-bond donors (Lipinski definition) is 0. The maximum Gasteiger partial charge on any atom is 0.310 e. The van der Waals surface area contributed by atoms with Gasteiger partial charge in [0.1, 0.15) is 44.8 Å². The first-order valence-electron chi connectivity index (χ1n) is 33.8. The monoisotopic (exact) mass is 1330 g/mol. The molecule has 0 atom stereocenters. The van der Waals surface area contributed by atoms with E-state index >= 15 is 0 Å². The van der Waals surface area contributed by atoms with Crippen LogP contribution in [0.15, 0.2) is 48.5 Å². The first-order valence-corrected chi connectivity index (χ1v) is 33.8. The van der Waals surface area contributed by atoms with Gasteiger partial charge in [0.25, 0.3) is 0 Å². The van der Waals surface area contributed by atoms with Gasteiger partial charge in [-0.1, -0.05) is 76.2 Å². The van der Waals surface area contributed by atoms with Crippen molar-refractivity contribution in [2.75, 3.05) is 0 Å². The largest absolute Gasteiger partial charge is 0.460 e. The van der Waals surface area contributed by atoms with Crippen LogP contribution in [-0.4, -0.2) is 92.6 Å². The molecule has 1 aliphatic rings. The summed E-state index contributed by atoms with van der Waals surface area (Å²) in [5, 5.41) is 0. The van der Waals surface area contributed by atoms with Gasteiger partial charge in [-0.2, -0.15) is 0 Å². The molecule has 0 aromatic heterocycles. The number of carbonyl (C=O) groups is 8. The highest BCUT2D eigenvalue weighted by Gasteiger charge is 2.35. The van der Waals surface area contributed by atoms with Gasteiger partial charge in [-0.25, -0.2) is 0 Å². The van der Waals surface area contributed by atoms with E-state index in [0.717, 1.165) is 0 Å². The fraction of sp³-hybridized carbons (Fsp3) is 0.600. The predicted octanol–water partition coefficient (Wildman–Crippen LogP) is 15.7. The molecule has 16 nitrogen and oxygen atoms in total. The summed E-state index contributed by atoms with van der Waals surface area (Å²) in [6, 6.07) is 15.4. The molecule has 4 aromatic carbocycles. The van der Waals surface area contributed by atoms with E-state index in [0.29, 0.717) is 89.0 Å². The normalized spacial score (nSPS) is 16.4. The molecule has 0 N–H and O–H groups in total. The summed E-state index contributed by atoms with van der Waals surface area (Å²) >= 11 is 0. The molecule has 0 saturated carbocycles. The van der Waals surface area contributed by atoms with Crippen molar-refractivity contribution < 1.29 is 76.3 Å². The van der Waals surface area contributed by atoms with E-state index in [1.165, 1.54) is 0 Å². The Kier molecular flexibility index (Phi) is 24.6. The van der Waals surface area contributed by atoms with Crippen LogP contribution in [-0.2, 0) is 128 Å². The van der Waals surface area contributed by atoms with Crippen molar-refractivity contribution in [3.05, 3.63) is 138 Å². The van der Waals surface area contributed by atoms with Gasteiger partial charge < -0.3 is 37.9 Å². The third-order valence-corrected chi connectivity index (χ3v) is 15.4. The van der Waals surface area contributed by atoms with Crippen molar-refractivity contribution in [3.8, 4) is 0 Å². The second kappa shape index (κ2) is 29.8. The zero-order valence-corrected chi connectivity index (χ0v) is 63.1. The van der Waals surface area contributed by atoms with E-state index < -0.39 is 116 Å². The van der Waals surface area contributed by atoms with E-state index in [4.69, 9.17) is 37.9 Å². The molecule has 96 heavy (non-hydrogen) atoms. The van der Waals surface area contributed by atoms with Crippen molar-refractivity contribution >= 4 is 47.8 Å². The molecule has 1 aliphatic carbocycles. The summed E-state index contributed by atoms with van der Waals surface area (Å²) in [4.78, 5) is 116. The van der Waals surface area contributed by atoms with Crippen molar-refractivity contribution in [1.82, 2.24) is 0 Å². The lowest BCUT2D eigenvalue weighted by Gasteiger charge is -2.31. The van der Waals surface area contributed by atoms with Crippen LogP contribution in [0.4, 0.5) is 0 Å². The smallest absolute Gasteiger partial charge is 0.310 e. The van der Waals surface area contributed by atoms with Gasteiger partial charge in [0, 0.05) is 23.7 Å². The van der Waals surface area contributed by atoms with Crippen LogP contribution in [0.3, 0.4) is 0 Å². The van der Waals surface area contributed by atoms with Crippen LogP contribution < -0.4 is 0 Å². The van der Waals surface area contributed by atoms with E-state index in [1.807, 2.05) is 76.2 Å². The summed E-state index contributed by atoms with van der Waals surface area (Å²) in [5.74, 6) is -7.12. The lowest BCUT2D eigenvalue weighted by molar-refractivity contribution is -0.155. The quantitative estimate of drug-likeness (QED) is 0.0754. The van der Waals surface area contributed by atoms with Gasteiger partial charge in [0.2, 0.25) is 0 Å². The molecule has 0 fully saturated rings. The van der Waals surface area contributed by atoms with E-state index in [1.54, 1.807) is 166 Å². The Morgan fingerprint density at radius 3 is 0.385 bits per heavy atom. The van der Waals surface area contributed by atoms with Crippen LogP contribution in [0.25, 0.3) is 0 Å². The highest BCUT2D eigenvalue weighted by atomic mass is 16.6. The molecule has 0 unspecified atom stereocenters. The lowest BCUT2D eigenvalue weighted by Crippen LogP contribution is -2.27. The van der Waals surface area contributed by atoms with Crippen molar-refractivity contribution in [2.24, 2.45) is 0 Å². The summed E-state index contributed by atoms with van der Waals surface area (Å²) < 4.78 is 48.4. The van der Waals surface area contributed by atoms with E-state index in [9.17, 15) is 38.4 Å². The number of esters is 8. The third-order valence-electron chi connectivity index (χ3n) is 15.4. The van der Waals surface area contributed by atoms with Crippen LogP contribution in [0.5, 0.6) is 0 Å². The average molecular weight is 1330 g/mol. The number of benzene rings is 4.